The van der Waals surface area contributed by atoms with E-state index in [1.54, 1.807) is 24.3 Å². The van der Waals surface area contributed by atoms with Gasteiger partial charge in [-0.05, 0) is 30.3 Å². The van der Waals surface area contributed by atoms with Crippen molar-refractivity contribution in [2.24, 2.45) is 0 Å². The van der Waals surface area contributed by atoms with Gasteiger partial charge in [-0.2, -0.15) is 0 Å². The SMILES string of the molecule is O=C(NC[C@H](c1ccco1)S(=O)(=O)c1ccccc1)c1cccc([N+](=O)[O-])c1. The zero-order chi connectivity index (χ0) is 20.1. The van der Waals surface area contributed by atoms with Crippen LogP contribution in [0, 0.1) is 10.1 Å². The molecule has 0 radical (unpaired) electrons. The second kappa shape index (κ2) is 8.05. The number of carbonyl (C=O) groups is 1. The van der Waals surface area contributed by atoms with Crippen LogP contribution in [0.4, 0.5) is 5.69 Å². The Morgan fingerprint density at radius 2 is 1.82 bits per heavy atom. The van der Waals surface area contributed by atoms with Crippen LogP contribution < -0.4 is 5.32 Å². The fourth-order valence-corrected chi connectivity index (χ4v) is 4.27. The Kier molecular flexibility index (Phi) is 5.55. The van der Waals surface area contributed by atoms with Gasteiger partial charge in [0.15, 0.2) is 9.84 Å². The standard InChI is InChI=1S/C19H16N2O6S/c22-19(14-6-4-7-15(12-14)21(23)24)20-13-18(17-10-5-11-27-17)28(25,26)16-8-2-1-3-9-16/h1-12,18H,13H2,(H,20,22)/t18-/m1/s1. The molecule has 0 aliphatic rings. The highest BCUT2D eigenvalue weighted by Gasteiger charge is 2.31. The molecule has 9 heteroatoms. The minimum Gasteiger partial charge on any atom is -0.468 e. The molecule has 28 heavy (non-hydrogen) atoms. The van der Waals surface area contributed by atoms with Gasteiger partial charge in [-0.3, -0.25) is 14.9 Å². The van der Waals surface area contributed by atoms with E-state index in [0.717, 1.165) is 6.07 Å². The normalized spacial score (nSPS) is 12.3. The van der Waals surface area contributed by atoms with Crippen molar-refractivity contribution < 1.29 is 22.6 Å². The number of sulfone groups is 1. The van der Waals surface area contributed by atoms with E-state index in [2.05, 4.69) is 5.32 Å². The number of nitrogens with one attached hydrogen (secondary N) is 1. The largest absolute Gasteiger partial charge is 0.468 e. The molecule has 1 aromatic heterocycles. The lowest BCUT2D eigenvalue weighted by molar-refractivity contribution is -0.384. The molecule has 0 unspecified atom stereocenters. The smallest absolute Gasteiger partial charge is 0.270 e. The molecule has 0 saturated heterocycles. The molecule has 0 spiro atoms. The molecule has 2 aromatic carbocycles. The molecule has 0 fully saturated rings. The Labute approximate surface area is 160 Å². The third kappa shape index (κ3) is 4.09. The molecule has 3 aromatic rings. The number of nitro groups is 1. The maximum absolute atomic E-state index is 13.0. The Morgan fingerprint density at radius 1 is 1.07 bits per heavy atom. The Bertz CT molecular complexity index is 1080. The maximum Gasteiger partial charge on any atom is 0.270 e. The van der Waals surface area contributed by atoms with Crippen molar-refractivity contribution in [3.05, 3.63) is 94.4 Å². The number of amides is 1. The first-order valence-corrected chi connectivity index (χ1v) is 9.79. The van der Waals surface area contributed by atoms with Crippen LogP contribution in [0.15, 0.2) is 82.3 Å². The van der Waals surface area contributed by atoms with Crippen LogP contribution in [0.5, 0.6) is 0 Å². The van der Waals surface area contributed by atoms with Crippen molar-refractivity contribution in [3.63, 3.8) is 0 Å². The van der Waals surface area contributed by atoms with Crippen LogP contribution in [0.25, 0.3) is 0 Å². The number of nitro benzene ring substituents is 1. The van der Waals surface area contributed by atoms with Crippen molar-refractivity contribution >= 4 is 21.4 Å². The quantitative estimate of drug-likeness (QED) is 0.481. The van der Waals surface area contributed by atoms with Gasteiger partial charge in [-0.25, -0.2) is 8.42 Å². The summed E-state index contributed by atoms with van der Waals surface area (Å²) in [6.07, 6.45) is 1.35. The molecule has 3 rings (SSSR count). The van der Waals surface area contributed by atoms with Gasteiger partial charge in [0.1, 0.15) is 11.0 Å². The number of furan rings is 1. The summed E-state index contributed by atoms with van der Waals surface area (Å²) in [6, 6.07) is 16.1. The lowest BCUT2D eigenvalue weighted by Gasteiger charge is -2.16. The van der Waals surface area contributed by atoms with Gasteiger partial charge in [0, 0.05) is 24.2 Å². The number of carbonyl (C=O) groups excluding carboxylic acids is 1. The molecule has 8 nitrogen and oxygen atoms in total. The number of non-ortho nitro benzene ring substituents is 1. The van der Waals surface area contributed by atoms with E-state index in [-0.39, 0.29) is 28.5 Å². The molecule has 144 valence electrons. The molecule has 1 atom stereocenters. The fraction of sp³-hybridized carbons (Fsp3) is 0.105. The fourth-order valence-electron chi connectivity index (χ4n) is 2.66. The minimum absolute atomic E-state index is 0.0597. The van der Waals surface area contributed by atoms with Crippen LogP contribution in [-0.2, 0) is 9.84 Å². The van der Waals surface area contributed by atoms with E-state index in [0.29, 0.717) is 0 Å². The average Bonchev–Trinajstić information content (AvgIpc) is 3.23. The third-order valence-corrected chi connectivity index (χ3v) is 6.15. The highest BCUT2D eigenvalue weighted by Crippen LogP contribution is 2.28. The summed E-state index contributed by atoms with van der Waals surface area (Å²) in [5.41, 5.74) is -0.170. The monoisotopic (exact) mass is 400 g/mol. The molecule has 1 amide bonds. The second-order valence-electron chi connectivity index (χ2n) is 5.88. The topological polar surface area (TPSA) is 120 Å². The van der Waals surface area contributed by atoms with Crippen LogP contribution in [-0.4, -0.2) is 25.8 Å². The van der Waals surface area contributed by atoms with Crippen LogP contribution in [0.2, 0.25) is 0 Å². The Morgan fingerprint density at radius 3 is 2.46 bits per heavy atom. The molecule has 1 N–H and O–H groups in total. The summed E-state index contributed by atoms with van der Waals surface area (Å²) < 4.78 is 31.3. The highest BCUT2D eigenvalue weighted by atomic mass is 32.2. The molecule has 0 aliphatic carbocycles. The van der Waals surface area contributed by atoms with E-state index >= 15 is 0 Å². The third-order valence-electron chi connectivity index (χ3n) is 4.07. The van der Waals surface area contributed by atoms with Gasteiger partial charge < -0.3 is 9.73 Å². The summed E-state index contributed by atoms with van der Waals surface area (Å²) in [7, 11) is -3.84. The van der Waals surface area contributed by atoms with Gasteiger partial charge >= 0.3 is 0 Å². The van der Waals surface area contributed by atoms with Gasteiger partial charge in [-0.1, -0.05) is 24.3 Å². The van der Waals surface area contributed by atoms with Crippen molar-refractivity contribution in [1.82, 2.24) is 5.32 Å². The summed E-state index contributed by atoms with van der Waals surface area (Å²) in [5, 5.41) is 12.3. The minimum atomic E-state index is -3.84. The zero-order valence-electron chi connectivity index (χ0n) is 14.5. The van der Waals surface area contributed by atoms with E-state index in [9.17, 15) is 23.3 Å². The maximum atomic E-state index is 13.0. The van der Waals surface area contributed by atoms with Crippen molar-refractivity contribution in [2.45, 2.75) is 10.1 Å². The molecule has 0 saturated carbocycles. The first-order chi connectivity index (χ1) is 13.4. The van der Waals surface area contributed by atoms with Gasteiger partial charge in [0.2, 0.25) is 0 Å². The van der Waals surface area contributed by atoms with Gasteiger partial charge in [0.05, 0.1) is 16.1 Å². The van der Waals surface area contributed by atoms with E-state index in [1.165, 1.54) is 42.7 Å². The summed E-state index contributed by atoms with van der Waals surface area (Å²) in [4.78, 5) is 22.8. The molecular weight excluding hydrogens is 384 g/mol. The van der Waals surface area contributed by atoms with Crippen LogP contribution in [0.1, 0.15) is 21.4 Å². The molecular formula is C19H16N2O6S. The molecule has 0 bridgehead atoms. The van der Waals surface area contributed by atoms with Crippen molar-refractivity contribution in [3.8, 4) is 0 Å². The first-order valence-electron chi connectivity index (χ1n) is 8.24. The molecule has 0 aliphatic heterocycles. The Balaban J connectivity index is 1.85. The van der Waals surface area contributed by atoms with Gasteiger partial charge in [-0.15, -0.1) is 0 Å². The summed E-state index contributed by atoms with van der Waals surface area (Å²) >= 11 is 0. The van der Waals surface area contributed by atoms with E-state index < -0.39 is 25.9 Å². The number of rotatable bonds is 7. The Hall–Kier alpha value is -3.46. The number of hydrogen-bond acceptors (Lipinski definition) is 6. The second-order valence-corrected chi connectivity index (χ2v) is 8.01. The number of benzene rings is 2. The lowest BCUT2D eigenvalue weighted by atomic mass is 10.2. The van der Waals surface area contributed by atoms with Gasteiger partial charge in [0.25, 0.3) is 11.6 Å². The van der Waals surface area contributed by atoms with Crippen molar-refractivity contribution in [1.29, 1.82) is 0 Å². The summed E-state index contributed by atoms with van der Waals surface area (Å²) in [6.45, 7) is -0.258. The van der Waals surface area contributed by atoms with Crippen molar-refractivity contribution in [2.75, 3.05) is 6.54 Å². The first kappa shape index (κ1) is 19.3. The highest BCUT2D eigenvalue weighted by molar-refractivity contribution is 7.91. The number of nitrogens with zero attached hydrogens (tertiary/aromatic N) is 1. The predicted molar refractivity (Wildman–Crippen MR) is 101 cm³/mol. The van der Waals surface area contributed by atoms with Crippen LogP contribution >= 0.6 is 0 Å². The van der Waals surface area contributed by atoms with E-state index in [4.69, 9.17) is 4.42 Å². The predicted octanol–water partition coefficient (Wildman–Crippen LogP) is 3.13. The zero-order valence-corrected chi connectivity index (χ0v) is 15.3. The van der Waals surface area contributed by atoms with Crippen LogP contribution in [0.3, 0.4) is 0 Å². The molecule has 1 heterocycles. The lowest BCUT2D eigenvalue weighted by Crippen LogP contribution is -2.31. The average molecular weight is 400 g/mol. The number of hydrogen-bond donors (Lipinski definition) is 1. The van der Waals surface area contributed by atoms with E-state index in [1.807, 2.05) is 0 Å². The summed E-state index contributed by atoms with van der Waals surface area (Å²) in [5.74, 6) is -0.438.